The van der Waals surface area contributed by atoms with Crippen molar-refractivity contribution in [2.45, 2.75) is 37.6 Å². The monoisotopic (exact) mass is 344 g/mol. The Bertz CT molecular complexity index is 821. The van der Waals surface area contributed by atoms with Gasteiger partial charge in [-0.1, -0.05) is 11.8 Å². The van der Waals surface area contributed by atoms with E-state index in [0.29, 0.717) is 0 Å². The number of ketones is 1. The lowest BCUT2D eigenvalue weighted by Gasteiger charge is -2.11. The molecule has 0 fully saturated rings. The highest BCUT2D eigenvalue weighted by Crippen LogP contribution is 2.39. The topological polar surface area (TPSA) is 90.5 Å². The fourth-order valence-corrected chi connectivity index (χ4v) is 5.03. The van der Waals surface area contributed by atoms with Crippen LogP contribution in [0.5, 0.6) is 0 Å². The molecule has 1 N–H and O–H groups in total. The highest BCUT2D eigenvalue weighted by molar-refractivity contribution is 8.00. The van der Waals surface area contributed by atoms with Crippen LogP contribution >= 0.6 is 23.1 Å². The molecule has 0 aromatic carbocycles. The van der Waals surface area contributed by atoms with E-state index >= 15 is 0 Å². The maximum absolute atomic E-state index is 12.1. The number of aromatic nitrogens is 2. The Balaban J connectivity index is 1.86. The lowest BCUT2D eigenvalue weighted by Crippen LogP contribution is -2.21. The Kier molecular flexibility index (Phi) is 4.74. The van der Waals surface area contributed by atoms with Crippen LogP contribution < -0.4 is 0 Å². The summed E-state index contributed by atoms with van der Waals surface area (Å²) in [6.45, 7) is 1.49. The van der Waals surface area contributed by atoms with E-state index in [4.69, 9.17) is 10.7 Å². The van der Waals surface area contributed by atoms with Gasteiger partial charge in [0, 0.05) is 16.0 Å². The zero-order chi connectivity index (χ0) is 16.4. The molecule has 23 heavy (non-hydrogen) atoms. The molecule has 0 saturated heterocycles. The first kappa shape index (κ1) is 16.1. The minimum absolute atomic E-state index is 0.0962. The van der Waals surface area contributed by atoms with Crippen molar-refractivity contribution in [3.63, 3.8) is 0 Å². The van der Waals surface area contributed by atoms with E-state index in [9.17, 15) is 4.79 Å². The predicted octanol–water partition coefficient (Wildman–Crippen LogP) is 3.41. The summed E-state index contributed by atoms with van der Waals surface area (Å²) in [6, 6.07) is 1.90. The number of Topliss-reactive ketones (excluding diaryl/α,β-unsaturated/α-hetero) is 1. The predicted molar refractivity (Wildman–Crippen MR) is 92.3 cm³/mol. The summed E-state index contributed by atoms with van der Waals surface area (Å²) >= 11 is 3.08. The summed E-state index contributed by atoms with van der Waals surface area (Å²) in [5, 5.41) is 18.4. The van der Waals surface area contributed by atoms with Crippen molar-refractivity contribution < 1.29 is 4.79 Å². The van der Waals surface area contributed by atoms with Crippen LogP contribution in [0.25, 0.3) is 10.2 Å². The molecule has 1 atom stereocenters. The lowest BCUT2D eigenvalue weighted by molar-refractivity contribution is -0.117. The number of fused-ring (bicyclic) bond motifs is 3. The Labute approximate surface area is 142 Å². The number of hydrogen-bond donors (Lipinski definition) is 1. The number of nitrogens with one attached hydrogen (secondary N) is 1. The third kappa shape index (κ3) is 3.14. The zero-order valence-electron chi connectivity index (χ0n) is 12.8. The van der Waals surface area contributed by atoms with Crippen molar-refractivity contribution in [3.05, 3.63) is 16.8 Å². The quantitative estimate of drug-likeness (QED) is 0.510. The van der Waals surface area contributed by atoms with E-state index in [1.165, 1.54) is 42.0 Å². The third-order valence-electron chi connectivity index (χ3n) is 3.95. The summed E-state index contributed by atoms with van der Waals surface area (Å²) in [6.07, 6.45) is 6.09. The Hall–Kier alpha value is -1.78. The number of thiophene rings is 1. The number of aryl methyl sites for hydroxylation is 2. The maximum atomic E-state index is 12.1. The lowest BCUT2D eigenvalue weighted by atomic mass is 9.97. The average Bonchev–Trinajstić information content (AvgIpc) is 2.92. The van der Waals surface area contributed by atoms with Gasteiger partial charge in [0.25, 0.3) is 0 Å². The largest absolute Gasteiger partial charge is 0.308 e. The van der Waals surface area contributed by atoms with E-state index < -0.39 is 5.92 Å². The van der Waals surface area contributed by atoms with Crippen molar-refractivity contribution in [2.24, 2.45) is 5.92 Å². The molecule has 2 aromatic heterocycles. The van der Waals surface area contributed by atoms with Crippen LogP contribution in [0.4, 0.5) is 0 Å². The Morgan fingerprint density at radius 2 is 2.26 bits per heavy atom. The number of hydrogen-bond acceptors (Lipinski definition) is 7. The van der Waals surface area contributed by atoms with Crippen LogP contribution in [0.3, 0.4) is 0 Å². The van der Waals surface area contributed by atoms with Gasteiger partial charge < -0.3 is 5.41 Å². The number of nitrogens with zero attached hydrogens (tertiary/aromatic N) is 3. The molecular weight excluding hydrogens is 328 g/mol. The van der Waals surface area contributed by atoms with Gasteiger partial charge in [-0.05, 0) is 38.2 Å². The van der Waals surface area contributed by atoms with Crippen LogP contribution in [0.15, 0.2) is 11.4 Å². The molecule has 0 saturated carbocycles. The highest BCUT2D eigenvalue weighted by atomic mass is 32.2. The second-order valence-corrected chi connectivity index (χ2v) is 7.62. The van der Waals surface area contributed by atoms with Crippen molar-refractivity contribution in [3.8, 4) is 6.07 Å². The van der Waals surface area contributed by atoms with Crippen LogP contribution in [-0.2, 0) is 17.6 Å². The van der Waals surface area contributed by atoms with Crippen molar-refractivity contribution in [2.75, 3.05) is 5.75 Å². The van der Waals surface area contributed by atoms with Crippen LogP contribution in [0.2, 0.25) is 0 Å². The standard InChI is InChI=1S/C16H16N4OS2/c1-9(18)11(6-17)12(21)7-22-15-14-10-4-2-3-5-13(10)23-16(14)20-8-19-15/h8,11,18H,2-5,7H2,1H3. The molecule has 5 nitrogen and oxygen atoms in total. The van der Waals surface area contributed by atoms with E-state index in [1.54, 1.807) is 17.7 Å². The van der Waals surface area contributed by atoms with Crippen molar-refractivity contribution in [1.82, 2.24) is 9.97 Å². The van der Waals surface area contributed by atoms with Gasteiger partial charge in [0.2, 0.25) is 0 Å². The highest BCUT2D eigenvalue weighted by Gasteiger charge is 2.23. The summed E-state index contributed by atoms with van der Waals surface area (Å²) in [4.78, 5) is 23.2. The zero-order valence-corrected chi connectivity index (χ0v) is 14.4. The molecule has 2 heterocycles. The number of nitriles is 1. The second kappa shape index (κ2) is 6.77. The Morgan fingerprint density at radius 1 is 1.48 bits per heavy atom. The number of carbonyl (C=O) groups is 1. The van der Waals surface area contributed by atoms with Gasteiger partial charge in [-0.3, -0.25) is 4.79 Å². The first-order chi connectivity index (χ1) is 11.1. The number of rotatable bonds is 5. The minimum atomic E-state index is -0.948. The summed E-state index contributed by atoms with van der Waals surface area (Å²) in [5.41, 5.74) is 1.44. The molecule has 2 aromatic rings. The van der Waals surface area contributed by atoms with Gasteiger partial charge in [-0.15, -0.1) is 11.3 Å². The maximum Gasteiger partial charge on any atom is 0.165 e. The molecule has 0 amide bonds. The molecule has 7 heteroatoms. The van der Waals surface area contributed by atoms with Crippen molar-refractivity contribution >= 4 is 44.8 Å². The van der Waals surface area contributed by atoms with Gasteiger partial charge >= 0.3 is 0 Å². The van der Waals surface area contributed by atoms with E-state index in [1.807, 2.05) is 6.07 Å². The summed E-state index contributed by atoms with van der Waals surface area (Å²) < 4.78 is 0. The van der Waals surface area contributed by atoms with Gasteiger partial charge in [-0.2, -0.15) is 5.26 Å². The van der Waals surface area contributed by atoms with Crippen LogP contribution in [0.1, 0.15) is 30.2 Å². The molecule has 0 aliphatic heterocycles. The van der Waals surface area contributed by atoms with Gasteiger partial charge in [-0.25, -0.2) is 9.97 Å². The first-order valence-corrected chi connectivity index (χ1v) is 9.27. The molecule has 1 aliphatic carbocycles. The third-order valence-corrected chi connectivity index (χ3v) is 6.16. The van der Waals surface area contributed by atoms with Crippen LogP contribution in [0, 0.1) is 22.7 Å². The minimum Gasteiger partial charge on any atom is -0.308 e. The Morgan fingerprint density at radius 3 is 3.00 bits per heavy atom. The number of thioether (sulfide) groups is 1. The molecule has 0 radical (unpaired) electrons. The fourth-order valence-electron chi connectivity index (χ4n) is 2.80. The van der Waals surface area contributed by atoms with E-state index in [2.05, 4.69) is 9.97 Å². The molecule has 0 spiro atoms. The van der Waals surface area contributed by atoms with E-state index in [0.717, 1.165) is 28.1 Å². The molecule has 0 bridgehead atoms. The summed E-state index contributed by atoms with van der Waals surface area (Å²) in [5.74, 6) is -1.03. The normalized spacial score (nSPS) is 15.0. The average molecular weight is 344 g/mol. The van der Waals surface area contributed by atoms with E-state index in [-0.39, 0.29) is 17.2 Å². The van der Waals surface area contributed by atoms with Crippen molar-refractivity contribution in [1.29, 1.82) is 10.7 Å². The van der Waals surface area contributed by atoms with Gasteiger partial charge in [0.1, 0.15) is 22.1 Å². The van der Waals surface area contributed by atoms with Gasteiger partial charge in [0.05, 0.1) is 11.8 Å². The van der Waals surface area contributed by atoms with Gasteiger partial charge in [0.15, 0.2) is 5.78 Å². The molecular formula is C16H16N4OS2. The smallest absolute Gasteiger partial charge is 0.165 e. The second-order valence-electron chi connectivity index (χ2n) is 5.57. The first-order valence-electron chi connectivity index (χ1n) is 7.47. The molecule has 1 unspecified atom stereocenters. The molecule has 3 rings (SSSR count). The van der Waals surface area contributed by atoms with Crippen LogP contribution in [-0.4, -0.2) is 27.2 Å². The molecule has 118 valence electrons. The molecule has 1 aliphatic rings. The number of carbonyl (C=O) groups excluding carboxylic acids is 1. The SMILES string of the molecule is CC(=N)C(C#N)C(=O)CSc1ncnc2sc3c(c12)CCCC3. The fraction of sp³-hybridized carbons (Fsp3) is 0.438. The summed E-state index contributed by atoms with van der Waals surface area (Å²) in [7, 11) is 0.